The Balaban J connectivity index is 2.21. The molecular formula is C12H16BrN3O3. The van der Waals surface area contributed by atoms with Gasteiger partial charge in [0.1, 0.15) is 0 Å². The van der Waals surface area contributed by atoms with E-state index in [1.54, 1.807) is 11.0 Å². The number of hydrogen-bond acceptors (Lipinski definition) is 4. The zero-order chi connectivity index (χ0) is 13.8. The van der Waals surface area contributed by atoms with E-state index < -0.39 is 0 Å². The van der Waals surface area contributed by atoms with Crippen LogP contribution < -0.4 is 5.73 Å². The van der Waals surface area contributed by atoms with Crippen molar-refractivity contribution in [3.05, 3.63) is 22.6 Å². The minimum atomic E-state index is -0.167. The van der Waals surface area contributed by atoms with Crippen LogP contribution in [-0.2, 0) is 0 Å². The maximum absolute atomic E-state index is 12.5. The van der Waals surface area contributed by atoms with Crippen molar-refractivity contribution in [1.29, 1.82) is 0 Å². The highest BCUT2D eigenvalue weighted by Crippen LogP contribution is 2.27. The van der Waals surface area contributed by atoms with Gasteiger partial charge in [-0.25, -0.2) is 0 Å². The van der Waals surface area contributed by atoms with Crippen LogP contribution in [0.3, 0.4) is 0 Å². The van der Waals surface area contributed by atoms with Crippen molar-refractivity contribution >= 4 is 27.7 Å². The van der Waals surface area contributed by atoms with Crippen LogP contribution in [0.15, 0.2) is 26.6 Å². The van der Waals surface area contributed by atoms with E-state index in [1.807, 2.05) is 0 Å². The normalized spacial score (nSPS) is 16.8. The van der Waals surface area contributed by atoms with Gasteiger partial charge in [0.15, 0.2) is 10.5 Å². The Morgan fingerprint density at radius 1 is 1.58 bits per heavy atom. The molecule has 0 saturated heterocycles. The fourth-order valence-electron chi connectivity index (χ4n) is 2.39. The van der Waals surface area contributed by atoms with Gasteiger partial charge in [-0.2, -0.15) is 0 Å². The molecule has 1 saturated carbocycles. The number of nitrogens with zero attached hydrogens (tertiary/aromatic N) is 2. The van der Waals surface area contributed by atoms with Crippen LogP contribution in [0.4, 0.5) is 0 Å². The fourth-order valence-corrected chi connectivity index (χ4v) is 2.80. The van der Waals surface area contributed by atoms with Crippen LogP contribution in [0.25, 0.3) is 0 Å². The Kier molecular flexibility index (Phi) is 4.47. The molecule has 6 nitrogen and oxygen atoms in total. The molecule has 3 N–H and O–H groups in total. The summed E-state index contributed by atoms with van der Waals surface area (Å²) >= 11 is 3.20. The second kappa shape index (κ2) is 6.10. The monoisotopic (exact) mass is 329 g/mol. The minimum Gasteiger partial charge on any atom is -0.457 e. The number of oxime groups is 1. The molecule has 1 amide bonds. The van der Waals surface area contributed by atoms with Gasteiger partial charge in [-0.1, -0.05) is 18.0 Å². The lowest BCUT2D eigenvalue weighted by Gasteiger charge is -2.28. The first-order valence-corrected chi connectivity index (χ1v) is 6.93. The van der Waals surface area contributed by atoms with Crippen molar-refractivity contribution in [2.45, 2.75) is 31.7 Å². The van der Waals surface area contributed by atoms with E-state index in [0.29, 0.717) is 10.2 Å². The van der Waals surface area contributed by atoms with Crippen molar-refractivity contribution in [3.8, 4) is 0 Å². The lowest BCUT2D eigenvalue weighted by atomic mass is 10.1. The van der Waals surface area contributed by atoms with Crippen molar-refractivity contribution < 1.29 is 14.4 Å². The van der Waals surface area contributed by atoms with Gasteiger partial charge in [-0.3, -0.25) is 4.79 Å². The highest BCUT2D eigenvalue weighted by atomic mass is 79.9. The number of amidine groups is 1. The first kappa shape index (κ1) is 13.9. The molecule has 0 aromatic carbocycles. The molecule has 0 bridgehead atoms. The third kappa shape index (κ3) is 3.09. The lowest BCUT2D eigenvalue weighted by molar-refractivity contribution is 0.0710. The van der Waals surface area contributed by atoms with Gasteiger partial charge in [-0.05, 0) is 34.8 Å². The third-order valence-electron chi connectivity index (χ3n) is 3.34. The Morgan fingerprint density at radius 3 is 2.79 bits per heavy atom. The van der Waals surface area contributed by atoms with Crippen LogP contribution in [0, 0.1) is 0 Å². The van der Waals surface area contributed by atoms with Crippen LogP contribution >= 0.6 is 15.9 Å². The highest BCUT2D eigenvalue weighted by molar-refractivity contribution is 9.10. The molecule has 7 heteroatoms. The molecule has 1 heterocycles. The third-order valence-corrected chi connectivity index (χ3v) is 3.95. The summed E-state index contributed by atoms with van der Waals surface area (Å²) in [4.78, 5) is 14.2. The van der Waals surface area contributed by atoms with E-state index in [0.717, 1.165) is 25.7 Å². The van der Waals surface area contributed by atoms with Gasteiger partial charge in [0.2, 0.25) is 0 Å². The average molecular weight is 330 g/mol. The number of amides is 1. The summed E-state index contributed by atoms with van der Waals surface area (Å²) in [5.41, 5.74) is 6.00. The van der Waals surface area contributed by atoms with E-state index in [-0.39, 0.29) is 24.3 Å². The van der Waals surface area contributed by atoms with Gasteiger partial charge in [0, 0.05) is 6.04 Å². The summed E-state index contributed by atoms with van der Waals surface area (Å²) in [5.74, 6) is -0.140. The standard InChI is InChI=1S/C12H16BrN3O3/c13-11-9(5-6-19-11)12(17)16(7-10(14)15-18)8-3-1-2-4-8/h5-6,8,18H,1-4,7H2,(H2,14,15). The van der Waals surface area contributed by atoms with Crippen molar-refractivity contribution in [2.75, 3.05) is 6.54 Å². The summed E-state index contributed by atoms with van der Waals surface area (Å²) in [6.45, 7) is 0.123. The maximum atomic E-state index is 12.5. The maximum Gasteiger partial charge on any atom is 0.258 e. The summed E-state index contributed by atoms with van der Waals surface area (Å²) in [7, 11) is 0. The van der Waals surface area contributed by atoms with Gasteiger partial charge in [0.25, 0.3) is 5.91 Å². The minimum absolute atomic E-state index is 0.0277. The first-order chi connectivity index (χ1) is 9.13. The van der Waals surface area contributed by atoms with Crippen LogP contribution in [0.2, 0.25) is 0 Å². The van der Waals surface area contributed by atoms with Crippen LogP contribution in [-0.4, -0.2) is 34.4 Å². The Bertz CT molecular complexity index is 480. The molecule has 2 rings (SSSR count). The van der Waals surface area contributed by atoms with E-state index in [9.17, 15) is 4.79 Å². The summed E-state index contributed by atoms with van der Waals surface area (Å²) in [6, 6.07) is 1.75. The highest BCUT2D eigenvalue weighted by Gasteiger charge is 2.29. The van der Waals surface area contributed by atoms with Gasteiger partial charge >= 0.3 is 0 Å². The Labute approximate surface area is 119 Å². The predicted octanol–water partition coefficient (Wildman–Crippen LogP) is 2.17. The molecule has 0 aliphatic heterocycles. The van der Waals surface area contributed by atoms with E-state index in [2.05, 4.69) is 21.1 Å². The quantitative estimate of drug-likeness (QED) is 0.383. The summed E-state index contributed by atoms with van der Waals surface area (Å²) in [6.07, 6.45) is 5.53. The molecule has 19 heavy (non-hydrogen) atoms. The molecular weight excluding hydrogens is 314 g/mol. The Morgan fingerprint density at radius 2 is 2.26 bits per heavy atom. The number of hydrogen-bond donors (Lipinski definition) is 2. The number of furan rings is 1. The fraction of sp³-hybridized carbons (Fsp3) is 0.500. The van der Waals surface area contributed by atoms with Gasteiger partial charge in [-0.15, -0.1) is 0 Å². The van der Waals surface area contributed by atoms with Crippen LogP contribution in [0.5, 0.6) is 0 Å². The molecule has 1 fully saturated rings. The van der Waals surface area contributed by atoms with Crippen molar-refractivity contribution in [2.24, 2.45) is 10.9 Å². The molecule has 0 radical (unpaired) electrons. The summed E-state index contributed by atoms with van der Waals surface area (Å²) < 4.78 is 5.49. The van der Waals surface area contributed by atoms with Gasteiger partial charge in [0.05, 0.1) is 18.4 Å². The largest absolute Gasteiger partial charge is 0.457 e. The molecule has 1 aliphatic carbocycles. The van der Waals surface area contributed by atoms with E-state index >= 15 is 0 Å². The first-order valence-electron chi connectivity index (χ1n) is 6.14. The topological polar surface area (TPSA) is 92.1 Å². The average Bonchev–Trinajstić information content (AvgIpc) is 3.05. The molecule has 1 aromatic heterocycles. The molecule has 0 spiro atoms. The van der Waals surface area contributed by atoms with Gasteiger partial charge < -0.3 is 20.3 Å². The summed E-state index contributed by atoms with van der Waals surface area (Å²) in [5, 5.41) is 11.6. The molecule has 0 atom stereocenters. The smallest absolute Gasteiger partial charge is 0.258 e. The van der Waals surface area contributed by atoms with E-state index in [4.69, 9.17) is 15.4 Å². The molecule has 0 unspecified atom stereocenters. The van der Waals surface area contributed by atoms with E-state index in [1.165, 1.54) is 6.26 Å². The second-order valence-electron chi connectivity index (χ2n) is 4.57. The zero-order valence-electron chi connectivity index (χ0n) is 10.4. The van der Waals surface area contributed by atoms with Crippen molar-refractivity contribution in [1.82, 2.24) is 4.90 Å². The van der Waals surface area contributed by atoms with Crippen LogP contribution in [0.1, 0.15) is 36.0 Å². The molecule has 1 aliphatic rings. The number of carbonyl (C=O) groups excluding carboxylic acids is 1. The number of rotatable bonds is 4. The second-order valence-corrected chi connectivity index (χ2v) is 5.29. The predicted molar refractivity (Wildman–Crippen MR) is 73.1 cm³/mol. The number of nitrogens with two attached hydrogens (primary N) is 1. The Hall–Kier alpha value is -1.50. The van der Waals surface area contributed by atoms with Crippen molar-refractivity contribution in [3.63, 3.8) is 0 Å². The number of halogens is 1. The lowest BCUT2D eigenvalue weighted by Crippen LogP contribution is -2.44. The number of carbonyl (C=O) groups is 1. The molecule has 1 aromatic rings. The molecule has 104 valence electrons. The zero-order valence-corrected chi connectivity index (χ0v) is 12.0. The SMILES string of the molecule is N/C(CN(C(=O)c1ccoc1Br)C1CCCC1)=N/O.